The number of carbonyl (C=O) groups is 2. The van der Waals surface area contributed by atoms with Gasteiger partial charge >= 0.3 is 5.97 Å². The Labute approximate surface area is 128 Å². The summed E-state index contributed by atoms with van der Waals surface area (Å²) >= 11 is 12.7. The fourth-order valence-electron chi connectivity index (χ4n) is 1.36. The van der Waals surface area contributed by atoms with Crippen molar-refractivity contribution in [2.75, 3.05) is 12.4 Å². The lowest BCUT2D eigenvalue weighted by Gasteiger charge is -2.04. The van der Waals surface area contributed by atoms with Gasteiger partial charge in [-0.1, -0.05) is 34.5 Å². The predicted octanol–water partition coefficient (Wildman–Crippen LogP) is 3.49. The topological polar surface area (TPSA) is 68.3 Å². The Kier molecular flexibility index (Phi) is 4.59. The second-order valence-corrected chi connectivity index (χ2v) is 5.47. The number of nitrogens with one attached hydrogen (secondary N) is 1. The van der Waals surface area contributed by atoms with E-state index >= 15 is 0 Å². The van der Waals surface area contributed by atoms with Crippen molar-refractivity contribution in [3.05, 3.63) is 44.9 Å². The van der Waals surface area contributed by atoms with Crippen LogP contribution in [0.4, 0.5) is 5.13 Å². The number of esters is 1. The first-order valence-corrected chi connectivity index (χ1v) is 6.89. The molecule has 0 unspecified atom stereocenters. The minimum atomic E-state index is -0.507. The van der Waals surface area contributed by atoms with E-state index in [2.05, 4.69) is 15.0 Å². The molecular weight excluding hydrogens is 323 g/mol. The van der Waals surface area contributed by atoms with Gasteiger partial charge in [0.05, 0.1) is 23.9 Å². The van der Waals surface area contributed by atoms with E-state index in [-0.39, 0.29) is 15.7 Å². The first-order chi connectivity index (χ1) is 9.51. The van der Waals surface area contributed by atoms with E-state index < -0.39 is 11.9 Å². The van der Waals surface area contributed by atoms with E-state index in [0.29, 0.717) is 9.90 Å². The minimum absolute atomic E-state index is 0.236. The lowest BCUT2D eigenvalue weighted by molar-refractivity contribution is 0.0606. The van der Waals surface area contributed by atoms with Gasteiger partial charge in [-0.05, 0) is 18.2 Å². The number of anilines is 1. The molecule has 1 N–H and O–H groups in total. The molecule has 0 aliphatic heterocycles. The molecule has 0 aliphatic rings. The second kappa shape index (κ2) is 6.21. The Morgan fingerprint density at radius 1 is 1.35 bits per heavy atom. The minimum Gasteiger partial charge on any atom is -0.465 e. The maximum absolute atomic E-state index is 12.0. The third kappa shape index (κ3) is 3.27. The molecule has 0 fully saturated rings. The van der Waals surface area contributed by atoms with Crippen LogP contribution < -0.4 is 5.32 Å². The van der Waals surface area contributed by atoms with E-state index in [1.54, 1.807) is 6.07 Å². The third-order valence-corrected chi connectivity index (χ3v) is 3.73. The quantitative estimate of drug-likeness (QED) is 0.874. The third-order valence-electron chi connectivity index (χ3n) is 2.29. The van der Waals surface area contributed by atoms with Crippen molar-refractivity contribution in [2.45, 2.75) is 0 Å². The number of nitrogens with zero attached hydrogens (tertiary/aromatic N) is 1. The number of carbonyl (C=O) groups excluding carboxylic acids is 2. The number of hydrogen-bond donors (Lipinski definition) is 1. The maximum atomic E-state index is 12.0. The molecule has 20 heavy (non-hydrogen) atoms. The summed E-state index contributed by atoms with van der Waals surface area (Å²) in [7, 11) is 1.27. The lowest BCUT2D eigenvalue weighted by atomic mass is 10.2. The molecule has 1 heterocycles. The monoisotopic (exact) mass is 330 g/mol. The molecule has 0 spiro atoms. The molecule has 0 aliphatic carbocycles. The SMILES string of the molecule is COC(=O)c1cnc(NC(=O)c2ccc(Cl)cc2Cl)s1. The molecule has 0 radical (unpaired) electrons. The molecule has 0 saturated heterocycles. The molecule has 5 nitrogen and oxygen atoms in total. The number of aromatic nitrogens is 1. The first-order valence-electron chi connectivity index (χ1n) is 5.32. The number of halogens is 2. The van der Waals surface area contributed by atoms with Gasteiger partial charge in [-0.15, -0.1) is 0 Å². The summed E-state index contributed by atoms with van der Waals surface area (Å²) in [6.45, 7) is 0. The number of thiazole rings is 1. The van der Waals surface area contributed by atoms with Crippen LogP contribution in [0.5, 0.6) is 0 Å². The zero-order valence-corrected chi connectivity index (χ0v) is 12.5. The van der Waals surface area contributed by atoms with Crippen molar-refractivity contribution in [3.8, 4) is 0 Å². The predicted molar refractivity (Wildman–Crippen MR) is 77.9 cm³/mol. The maximum Gasteiger partial charge on any atom is 0.349 e. The summed E-state index contributed by atoms with van der Waals surface area (Å²) in [5.74, 6) is -0.940. The molecule has 8 heteroatoms. The van der Waals surface area contributed by atoms with Crippen molar-refractivity contribution in [2.24, 2.45) is 0 Å². The van der Waals surface area contributed by atoms with Gasteiger partial charge in [0.25, 0.3) is 5.91 Å². The van der Waals surface area contributed by atoms with Crippen LogP contribution in [-0.2, 0) is 4.74 Å². The zero-order chi connectivity index (χ0) is 14.7. The fraction of sp³-hybridized carbons (Fsp3) is 0.0833. The van der Waals surface area contributed by atoms with Gasteiger partial charge in [0, 0.05) is 5.02 Å². The van der Waals surface area contributed by atoms with Crippen molar-refractivity contribution in [1.29, 1.82) is 0 Å². The van der Waals surface area contributed by atoms with E-state index in [4.69, 9.17) is 23.2 Å². The highest BCUT2D eigenvalue weighted by atomic mass is 35.5. The first kappa shape index (κ1) is 14.8. The van der Waals surface area contributed by atoms with Crippen LogP contribution in [0.25, 0.3) is 0 Å². The van der Waals surface area contributed by atoms with Crippen LogP contribution in [0.2, 0.25) is 10.0 Å². The van der Waals surface area contributed by atoms with E-state index in [9.17, 15) is 9.59 Å². The summed E-state index contributed by atoms with van der Waals surface area (Å²) in [5, 5.41) is 3.50. The smallest absolute Gasteiger partial charge is 0.349 e. The van der Waals surface area contributed by atoms with Gasteiger partial charge in [-0.3, -0.25) is 10.1 Å². The summed E-state index contributed by atoms with van der Waals surface area (Å²) < 4.78 is 4.55. The molecule has 104 valence electrons. The van der Waals surface area contributed by atoms with Gasteiger partial charge in [-0.2, -0.15) is 0 Å². The molecule has 1 aromatic carbocycles. The van der Waals surface area contributed by atoms with Crippen LogP contribution in [-0.4, -0.2) is 24.0 Å². The summed E-state index contributed by atoms with van der Waals surface area (Å²) in [6.07, 6.45) is 1.33. The Hall–Kier alpha value is -1.63. The summed E-state index contributed by atoms with van der Waals surface area (Å²) in [5.41, 5.74) is 0.269. The number of benzene rings is 1. The van der Waals surface area contributed by atoms with E-state index in [0.717, 1.165) is 11.3 Å². The molecule has 1 amide bonds. The normalized spacial score (nSPS) is 10.2. The highest BCUT2D eigenvalue weighted by Gasteiger charge is 2.15. The molecule has 1 aromatic heterocycles. The Balaban J connectivity index is 2.15. The van der Waals surface area contributed by atoms with Gasteiger partial charge in [0.2, 0.25) is 0 Å². The molecular formula is C12H8Cl2N2O3S. The molecule has 2 rings (SSSR count). The van der Waals surface area contributed by atoms with Crippen molar-refractivity contribution >= 4 is 51.5 Å². The molecule has 0 bridgehead atoms. The Bertz CT molecular complexity index is 672. The Morgan fingerprint density at radius 2 is 2.10 bits per heavy atom. The average molecular weight is 331 g/mol. The van der Waals surface area contributed by atoms with E-state index in [1.165, 1.54) is 25.4 Å². The van der Waals surface area contributed by atoms with Crippen molar-refractivity contribution in [3.63, 3.8) is 0 Å². The number of hydrogen-bond acceptors (Lipinski definition) is 5. The van der Waals surface area contributed by atoms with Crippen LogP contribution in [0.1, 0.15) is 20.0 Å². The van der Waals surface area contributed by atoms with Gasteiger partial charge < -0.3 is 4.74 Å². The number of methoxy groups -OCH3 is 1. The van der Waals surface area contributed by atoms with Crippen LogP contribution in [0, 0.1) is 0 Å². The molecule has 0 atom stereocenters. The Morgan fingerprint density at radius 3 is 2.75 bits per heavy atom. The van der Waals surface area contributed by atoms with Crippen LogP contribution in [0.3, 0.4) is 0 Å². The van der Waals surface area contributed by atoms with E-state index in [1.807, 2.05) is 0 Å². The second-order valence-electron chi connectivity index (χ2n) is 3.60. The van der Waals surface area contributed by atoms with Crippen molar-refractivity contribution in [1.82, 2.24) is 4.98 Å². The van der Waals surface area contributed by atoms with Gasteiger partial charge in [0.1, 0.15) is 4.88 Å². The molecule has 2 aromatic rings. The van der Waals surface area contributed by atoms with Crippen molar-refractivity contribution < 1.29 is 14.3 Å². The largest absolute Gasteiger partial charge is 0.465 e. The highest BCUT2D eigenvalue weighted by Crippen LogP contribution is 2.24. The fourth-order valence-corrected chi connectivity index (χ4v) is 2.59. The van der Waals surface area contributed by atoms with Gasteiger partial charge in [-0.25, -0.2) is 9.78 Å². The molecule has 0 saturated carbocycles. The number of rotatable bonds is 3. The lowest BCUT2D eigenvalue weighted by Crippen LogP contribution is -2.12. The number of ether oxygens (including phenoxy) is 1. The number of amides is 1. The summed E-state index contributed by atoms with van der Waals surface area (Å²) in [6, 6.07) is 4.54. The van der Waals surface area contributed by atoms with Gasteiger partial charge in [0.15, 0.2) is 5.13 Å². The van der Waals surface area contributed by atoms with Crippen LogP contribution in [0.15, 0.2) is 24.4 Å². The average Bonchev–Trinajstić information content (AvgIpc) is 2.86. The zero-order valence-electron chi connectivity index (χ0n) is 10.1. The summed E-state index contributed by atoms with van der Waals surface area (Å²) in [4.78, 5) is 27.5. The van der Waals surface area contributed by atoms with Crippen LogP contribution >= 0.6 is 34.5 Å². The highest BCUT2D eigenvalue weighted by molar-refractivity contribution is 7.17. The standard InChI is InChI=1S/C12H8Cl2N2O3S/c1-19-11(18)9-5-15-12(20-9)16-10(17)7-3-2-6(13)4-8(7)14/h2-5H,1H3,(H,15,16,17).